The standard InChI is InChI=1S/C21H14BrN5O3S/c1-30-20(29)19-18(16(11-23)24-27(19)15-9-5-6-13(22)10-15)26-17(28)12-25(21(26)31)14-7-3-2-4-8-14/h2-10H,12H2,1H3. The molecule has 2 aromatic carbocycles. The number of methoxy groups -OCH3 is 1. The first kappa shape index (κ1) is 20.7. The lowest BCUT2D eigenvalue weighted by Gasteiger charge is -2.20. The van der Waals surface area contributed by atoms with Gasteiger partial charge in [-0.15, -0.1) is 0 Å². The third kappa shape index (κ3) is 3.58. The highest BCUT2D eigenvalue weighted by atomic mass is 79.9. The van der Waals surface area contributed by atoms with Gasteiger partial charge in [-0.2, -0.15) is 10.4 Å². The van der Waals surface area contributed by atoms with Crippen molar-refractivity contribution < 1.29 is 14.3 Å². The summed E-state index contributed by atoms with van der Waals surface area (Å²) in [7, 11) is 1.22. The van der Waals surface area contributed by atoms with Crippen molar-refractivity contribution in [2.75, 3.05) is 23.5 Å². The van der Waals surface area contributed by atoms with Crippen molar-refractivity contribution in [3.63, 3.8) is 0 Å². The lowest BCUT2D eigenvalue weighted by Crippen LogP contribution is -2.34. The normalized spacial score (nSPS) is 13.5. The van der Waals surface area contributed by atoms with Gasteiger partial charge in [-0.05, 0) is 42.5 Å². The molecule has 31 heavy (non-hydrogen) atoms. The largest absolute Gasteiger partial charge is 0.464 e. The molecule has 4 rings (SSSR count). The Bertz CT molecular complexity index is 1250. The molecule has 0 radical (unpaired) electrons. The number of hydrogen-bond donors (Lipinski definition) is 0. The number of carbonyl (C=O) groups is 2. The van der Waals surface area contributed by atoms with Gasteiger partial charge in [0.2, 0.25) is 0 Å². The Labute approximate surface area is 191 Å². The van der Waals surface area contributed by atoms with Crippen molar-refractivity contribution in [1.82, 2.24) is 9.78 Å². The van der Waals surface area contributed by atoms with E-state index in [1.54, 1.807) is 23.1 Å². The summed E-state index contributed by atoms with van der Waals surface area (Å²) in [6.07, 6.45) is 0. The van der Waals surface area contributed by atoms with E-state index in [9.17, 15) is 14.9 Å². The Hall–Kier alpha value is -3.55. The van der Waals surface area contributed by atoms with Gasteiger partial charge in [-0.25, -0.2) is 14.4 Å². The molecule has 1 saturated heterocycles. The number of carbonyl (C=O) groups excluding carboxylic acids is 2. The number of hydrogen-bond acceptors (Lipinski definition) is 6. The van der Waals surface area contributed by atoms with Crippen LogP contribution in [-0.2, 0) is 9.53 Å². The number of halogens is 1. The minimum absolute atomic E-state index is 0.00255. The molecule has 1 amide bonds. The van der Waals surface area contributed by atoms with E-state index in [4.69, 9.17) is 17.0 Å². The molecule has 0 bridgehead atoms. The Morgan fingerprint density at radius 3 is 2.55 bits per heavy atom. The Balaban J connectivity index is 1.90. The number of amides is 1. The first-order chi connectivity index (χ1) is 15.0. The van der Waals surface area contributed by atoms with Crippen LogP contribution < -0.4 is 9.80 Å². The second kappa shape index (κ2) is 8.29. The van der Waals surface area contributed by atoms with Crippen molar-refractivity contribution >= 4 is 56.5 Å². The number of esters is 1. The summed E-state index contributed by atoms with van der Waals surface area (Å²) < 4.78 is 6.99. The number of benzene rings is 2. The van der Waals surface area contributed by atoms with Crippen LogP contribution in [0.2, 0.25) is 0 Å². The second-order valence-corrected chi connectivity index (χ2v) is 7.76. The highest BCUT2D eigenvalue weighted by molar-refractivity contribution is 9.10. The molecular formula is C21H14BrN5O3S. The number of ether oxygens (including phenoxy) is 1. The maximum atomic E-state index is 13.0. The first-order valence-electron chi connectivity index (χ1n) is 9.03. The van der Waals surface area contributed by atoms with Crippen LogP contribution in [0.3, 0.4) is 0 Å². The quantitative estimate of drug-likeness (QED) is 0.404. The van der Waals surface area contributed by atoms with Gasteiger partial charge in [0.05, 0.1) is 12.8 Å². The van der Waals surface area contributed by atoms with Gasteiger partial charge in [-0.3, -0.25) is 4.79 Å². The van der Waals surface area contributed by atoms with Crippen LogP contribution in [-0.4, -0.2) is 40.4 Å². The summed E-state index contributed by atoms with van der Waals surface area (Å²) in [5, 5.41) is 14.2. The van der Waals surface area contributed by atoms with Gasteiger partial charge < -0.3 is 9.64 Å². The average molecular weight is 496 g/mol. The van der Waals surface area contributed by atoms with Crippen LogP contribution in [0.5, 0.6) is 0 Å². The van der Waals surface area contributed by atoms with Crippen LogP contribution in [0, 0.1) is 11.3 Å². The number of nitrogens with zero attached hydrogens (tertiary/aromatic N) is 5. The zero-order valence-electron chi connectivity index (χ0n) is 16.2. The Morgan fingerprint density at radius 1 is 1.19 bits per heavy atom. The summed E-state index contributed by atoms with van der Waals surface area (Å²) in [6, 6.07) is 18.1. The summed E-state index contributed by atoms with van der Waals surface area (Å²) >= 11 is 8.95. The number of nitriles is 1. The van der Waals surface area contributed by atoms with Gasteiger partial charge in [0.15, 0.2) is 16.5 Å². The van der Waals surface area contributed by atoms with E-state index in [0.717, 1.165) is 10.2 Å². The molecule has 0 atom stereocenters. The Morgan fingerprint density at radius 2 is 1.90 bits per heavy atom. The zero-order chi connectivity index (χ0) is 22.1. The van der Waals surface area contributed by atoms with Crippen molar-refractivity contribution in [3.05, 3.63) is 70.5 Å². The van der Waals surface area contributed by atoms with E-state index in [1.165, 1.54) is 16.7 Å². The number of aromatic nitrogens is 2. The summed E-state index contributed by atoms with van der Waals surface area (Å²) in [6.45, 7) is -0.0314. The van der Waals surface area contributed by atoms with E-state index in [1.807, 2.05) is 42.5 Å². The van der Waals surface area contributed by atoms with Crippen molar-refractivity contribution in [3.8, 4) is 11.8 Å². The van der Waals surface area contributed by atoms with E-state index >= 15 is 0 Å². The molecule has 2 heterocycles. The number of thiocarbonyl (C=S) groups is 1. The number of rotatable bonds is 4. The monoisotopic (exact) mass is 495 g/mol. The van der Waals surface area contributed by atoms with E-state index in [-0.39, 0.29) is 34.6 Å². The summed E-state index contributed by atoms with van der Waals surface area (Å²) in [4.78, 5) is 28.6. The predicted octanol–water partition coefficient (Wildman–Crippen LogP) is 3.43. The SMILES string of the molecule is COC(=O)c1c(N2C(=O)CN(c3ccccc3)C2=S)c(C#N)nn1-c1cccc(Br)c1. The van der Waals surface area contributed by atoms with Crippen LogP contribution in [0.25, 0.3) is 5.69 Å². The van der Waals surface area contributed by atoms with E-state index in [2.05, 4.69) is 21.0 Å². The molecule has 0 spiro atoms. The molecule has 154 valence electrons. The van der Waals surface area contributed by atoms with E-state index in [0.29, 0.717) is 5.69 Å². The van der Waals surface area contributed by atoms with Gasteiger partial charge >= 0.3 is 5.97 Å². The highest BCUT2D eigenvalue weighted by Crippen LogP contribution is 2.33. The second-order valence-electron chi connectivity index (χ2n) is 6.47. The van der Waals surface area contributed by atoms with Crippen LogP contribution in [0.1, 0.15) is 16.2 Å². The van der Waals surface area contributed by atoms with Gasteiger partial charge in [0.1, 0.15) is 18.3 Å². The molecule has 0 unspecified atom stereocenters. The molecule has 3 aromatic rings. The molecule has 0 saturated carbocycles. The molecule has 0 N–H and O–H groups in total. The number of para-hydroxylation sites is 1. The lowest BCUT2D eigenvalue weighted by molar-refractivity contribution is -0.115. The van der Waals surface area contributed by atoms with Gasteiger partial charge in [0.25, 0.3) is 5.91 Å². The lowest BCUT2D eigenvalue weighted by atomic mass is 10.2. The van der Waals surface area contributed by atoms with Crippen LogP contribution in [0.15, 0.2) is 59.1 Å². The first-order valence-corrected chi connectivity index (χ1v) is 10.2. The molecular weight excluding hydrogens is 482 g/mol. The molecule has 0 aliphatic carbocycles. The fourth-order valence-corrected chi connectivity index (χ4v) is 4.05. The molecule has 1 aliphatic heterocycles. The fourth-order valence-electron chi connectivity index (χ4n) is 3.30. The minimum Gasteiger partial charge on any atom is -0.464 e. The van der Waals surface area contributed by atoms with Crippen molar-refractivity contribution in [2.45, 2.75) is 0 Å². The smallest absolute Gasteiger partial charge is 0.359 e. The van der Waals surface area contributed by atoms with Crippen LogP contribution >= 0.6 is 28.1 Å². The van der Waals surface area contributed by atoms with Crippen molar-refractivity contribution in [1.29, 1.82) is 5.26 Å². The molecule has 1 aromatic heterocycles. The van der Waals surface area contributed by atoms with E-state index < -0.39 is 5.97 Å². The predicted molar refractivity (Wildman–Crippen MR) is 121 cm³/mol. The fraction of sp³-hybridized carbons (Fsp3) is 0.0952. The number of anilines is 2. The average Bonchev–Trinajstić information content (AvgIpc) is 3.30. The van der Waals surface area contributed by atoms with Gasteiger partial charge in [-0.1, -0.05) is 40.2 Å². The molecule has 10 heteroatoms. The summed E-state index contributed by atoms with van der Waals surface area (Å²) in [5.74, 6) is -1.14. The van der Waals surface area contributed by atoms with Crippen molar-refractivity contribution in [2.24, 2.45) is 0 Å². The minimum atomic E-state index is -0.752. The Kier molecular flexibility index (Phi) is 5.54. The maximum absolute atomic E-state index is 13.0. The third-order valence-corrected chi connectivity index (χ3v) is 5.55. The molecule has 1 aliphatic rings. The topological polar surface area (TPSA) is 91.5 Å². The zero-order valence-corrected chi connectivity index (χ0v) is 18.6. The molecule has 8 nitrogen and oxygen atoms in total. The summed E-state index contributed by atoms with van der Waals surface area (Å²) in [5.41, 5.74) is 1.05. The van der Waals surface area contributed by atoms with Crippen LogP contribution in [0.4, 0.5) is 11.4 Å². The highest BCUT2D eigenvalue weighted by Gasteiger charge is 2.41. The van der Waals surface area contributed by atoms with Gasteiger partial charge in [0, 0.05) is 10.2 Å². The maximum Gasteiger partial charge on any atom is 0.359 e. The third-order valence-electron chi connectivity index (χ3n) is 4.65. The molecule has 1 fully saturated rings.